The van der Waals surface area contributed by atoms with Crippen molar-refractivity contribution in [3.8, 4) is 0 Å². The number of amides is 1. The smallest absolute Gasteiger partial charge is 0.407 e. The molecule has 1 fully saturated rings. The third kappa shape index (κ3) is 2.32. The lowest BCUT2D eigenvalue weighted by molar-refractivity contribution is 0.167. The van der Waals surface area contributed by atoms with Gasteiger partial charge in [0.25, 0.3) is 0 Å². The van der Waals surface area contributed by atoms with Gasteiger partial charge in [-0.05, 0) is 6.42 Å². The van der Waals surface area contributed by atoms with Crippen molar-refractivity contribution in [2.45, 2.75) is 12.5 Å². The van der Waals surface area contributed by atoms with Gasteiger partial charge in [-0.2, -0.15) is 9.36 Å². The fourth-order valence-corrected chi connectivity index (χ4v) is 2.26. The number of nitrogens with zero attached hydrogens (tertiary/aromatic N) is 3. The van der Waals surface area contributed by atoms with Crippen LogP contribution in [0.3, 0.4) is 0 Å². The van der Waals surface area contributed by atoms with Gasteiger partial charge < -0.3 is 20.7 Å². The first kappa shape index (κ1) is 10.9. The fourth-order valence-electron chi connectivity index (χ4n) is 1.63. The van der Waals surface area contributed by atoms with Crippen LogP contribution in [-0.2, 0) is 4.74 Å². The molecule has 0 aromatic carbocycles. The molecule has 3 N–H and O–H groups in total. The van der Waals surface area contributed by atoms with Gasteiger partial charge in [-0.25, -0.2) is 4.79 Å². The molecule has 1 aromatic heterocycles. The van der Waals surface area contributed by atoms with E-state index in [4.69, 9.17) is 5.73 Å². The number of rotatable bonds is 2. The Morgan fingerprint density at radius 3 is 3.19 bits per heavy atom. The highest BCUT2D eigenvalue weighted by atomic mass is 32.1. The molecule has 1 unspecified atom stereocenters. The Labute approximate surface area is 96.8 Å². The van der Waals surface area contributed by atoms with Crippen molar-refractivity contribution in [2.75, 3.05) is 30.8 Å². The molecule has 1 aromatic rings. The monoisotopic (exact) mass is 243 g/mol. The minimum atomic E-state index is -0.399. The lowest BCUT2D eigenvalue weighted by Crippen LogP contribution is -2.36. The van der Waals surface area contributed by atoms with Crippen LogP contribution >= 0.6 is 11.5 Å². The number of nitrogen functional groups attached to an aromatic ring is 1. The van der Waals surface area contributed by atoms with E-state index in [2.05, 4.69) is 24.3 Å². The molecule has 88 valence electrons. The van der Waals surface area contributed by atoms with Gasteiger partial charge in [-0.3, -0.25) is 0 Å². The third-order valence-corrected chi connectivity index (χ3v) is 3.19. The van der Waals surface area contributed by atoms with Crippen LogP contribution in [0, 0.1) is 0 Å². The Morgan fingerprint density at radius 1 is 1.75 bits per heavy atom. The van der Waals surface area contributed by atoms with Gasteiger partial charge in [0.15, 0.2) is 0 Å². The van der Waals surface area contributed by atoms with Crippen molar-refractivity contribution in [3.05, 3.63) is 0 Å². The molecule has 1 amide bonds. The summed E-state index contributed by atoms with van der Waals surface area (Å²) in [6.07, 6.45) is 0.470. The van der Waals surface area contributed by atoms with Crippen molar-refractivity contribution >= 4 is 28.7 Å². The number of hydrogen-bond donors (Lipinski definition) is 2. The third-order valence-electron chi connectivity index (χ3n) is 2.40. The number of nitrogens with two attached hydrogens (primary N) is 1. The van der Waals surface area contributed by atoms with Crippen LogP contribution in [0.4, 0.5) is 15.9 Å². The summed E-state index contributed by atoms with van der Waals surface area (Å²) in [4.78, 5) is 17.2. The van der Waals surface area contributed by atoms with E-state index in [1.54, 1.807) is 0 Å². The standard InChI is InChI=1S/C8H13N5O2S/c1-15-8(14)10-5-2-3-13(4-5)7-11-6(9)12-16-7/h5H,2-4H2,1H3,(H2,9,12)(H,10,14). The van der Waals surface area contributed by atoms with Crippen LogP contribution in [0.2, 0.25) is 0 Å². The lowest BCUT2D eigenvalue weighted by Gasteiger charge is -2.14. The van der Waals surface area contributed by atoms with Crippen molar-refractivity contribution in [1.82, 2.24) is 14.7 Å². The molecule has 0 radical (unpaired) electrons. The molecule has 0 bridgehead atoms. The summed E-state index contributed by atoms with van der Waals surface area (Å²) in [7, 11) is 1.35. The van der Waals surface area contributed by atoms with Gasteiger partial charge in [0.1, 0.15) is 0 Å². The minimum absolute atomic E-state index is 0.0950. The van der Waals surface area contributed by atoms with Crippen molar-refractivity contribution < 1.29 is 9.53 Å². The van der Waals surface area contributed by atoms with Crippen molar-refractivity contribution in [2.24, 2.45) is 0 Å². The molecule has 0 spiro atoms. The van der Waals surface area contributed by atoms with E-state index in [-0.39, 0.29) is 6.04 Å². The summed E-state index contributed by atoms with van der Waals surface area (Å²) in [5.41, 5.74) is 5.45. The van der Waals surface area contributed by atoms with E-state index in [1.807, 2.05) is 0 Å². The van der Waals surface area contributed by atoms with E-state index >= 15 is 0 Å². The van der Waals surface area contributed by atoms with Gasteiger partial charge in [-0.15, -0.1) is 0 Å². The second kappa shape index (κ2) is 4.52. The highest BCUT2D eigenvalue weighted by Crippen LogP contribution is 2.22. The second-order valence-electron chi connectivity index (χ2n) is 3.50. The molecule has 8 heteroatoms. The van der Waals surface area contributed by atoms with Crippen LogP contribution < -0.4 is 16.0 Å². The molecule has 7 nitrogen and oxygen atoms in total. The quantitative estimate of drug-likeness (QED) is 0.762. The first-order valence-electron chi connectivity index (χ1n) is 4.87. The maximum Gasteiger partial charge on any atom is 0.407 e. The Kier molecular flexibility index (Phi) is 3.09. The van der Waals surface area contributed by atoms with Gasteiger partial charge in [0.05, 0.1) is 13.2 Å². The van der Waals surface area contributed by atoms with E-state index in [9.17, 15) is 4.79 Å². The van der Waals surface area contributed by atoms with E-state index in [0.29, 0.717) is 12.5 Å². The van der Waals surface area contributed by atoms with Crippen molar-refractivity contribution in [1.29, 1.82) is 0 Å². The van der Waals surface area contributed by atoms with Gasteiger partial charge in [-0.1, -0.05) is 0 Å². The summed E-state index contributed by atoms with van der Waals surface area (Å²) in [5, 5.41) is 3.56. The average Bonchev–Trinajstić information content (AvgIpc) is 2.87. The zero-order chi connectivity index (χ0) is 11.5. The predicted molar refractivity (Wildman–Crippen MR) is 60.5 cm³/mol. The van der Waals surface area contributed by atoms with Gasteiger partial charge >= 0.3 is 6.09 Å². The van der Waals surface area contributed by atoms with Crippen LogP contribution in [0.1, 0.15) is 6.42 Å². The number of nitrogens with one attached hydrogen (secondary N) is 1. The summed E-state index contributed by atoms with van der Waals surface area (Å²) in [6.45, 7) is 1.55. The topological polar surface area (TPSA) is 93.4 Å². The summed E-state index contributed by atoms with van der Waals surface area (Å²) < 4.78 is 8.46. The Balaban J connectivity index is 1.90. The Hall–Kier alpha value is -1.57. The zero-order valence-corrected chi connectivity index (χ0v) is 9.66. The van der Waals surface area contributed by atoms with Gasteiger partial charge in [0, 0.05) is 24.6 Å². The second-order valence-corrected chi connectivity index (χ2v) is 4.23. The first-order valence-corrected chi connectivity index (χ1v) is 5.65. The summed E-state index contributed by atoms with van der Waals surface area (Å²) in [5.74, 6) is 0.296. The number of aromatic nitrogens is 2. The molecule has 1 atom stereocenters. The van der Waals surface area contributed by atoms with Gasteiger partial charge in [0.2, 0.25) is 11.1 Å². The molecular weight excluding hydrogens is 230 g/mol. The molecule has 2 rings (SSSR count). The molecule has 0 aliphatic carbocycles. The number of ether oxygens (including phenoxy) is 1. The molecule has 1 saturated heterocycles. The molecule has 0 saturated carbocycles. The highest BCUT2D eigenvalue weighted by Gasteiger charge is 2.26. The maximum atomic E-state index is 11.0. The Bertz CT molecular complexity index is 382. The number of anilines is 2. The Morgan fingerprint density at radius 2 is 2.56 bits per heavy atom. The highest BCUT2D eigenvalue weighted by molar-refractivity contribution is 7.09. The fraction of sp³-hybridized carbons (Fsp3) is 0.625. The zero-order valence-electron chi connectivity index (χ0n) is 8.84. The largest absolute Gasteiger partial charge is 0.453 e. The molecule has 2 heterocycles. The molecule has 1 aliphatic heterocycles. The number of carbonyl (C=O) groups excluding carboxylic acids is 1. The minimum Gasteiger partial charge on any atom is -0.453 e. The van der Waals surface area contributed by atoms with Crippen LogP contribution in [0.5, 0.6) is 0 Å². The predicted octanol–water partition coefficient (Wildman–Crippen LogP) is 0.0550. The number of methoxy groups -OCH3 is 1. The molecule has 16 heavy (non-hydrogen) atoms. The van der Waals surface area contributed by atoms with Crippen LogP contribution in [-0.4, -0.2) is 41.7 Å². The SMILES string of the molecule is COC(=O)NC1CCN(c2nc(N)ns2)C1. The van der Waals surface area contributed by atoms with E-state index in [1.165, 1.54) is 18.6 Å². The molecule has 1 aliphatic rings. The number of hydrogen-bond acceptors (Lipinski definition) is 7. The maximum absolute atomic E-state index is 11.0. The lowest BCUT2D eigenvalue weighted by atomic mass is 10.3. The first-order chi connectivity index (χ1) is 7.69. The number of carbonyl (C=O) groups is 1. The van der Waals surface area contributed by atoms with Crippen molar-refractivity contribution in [3.63, 3.8) is 0 Å². The van der Waals surface area contributed by atoms with E-state index < -0.39 is 6.09 Å². The molecular formula is C8H13N5O2S. The van der Waals surface area contributed by atoms with Crippen LogP contribution in [0.25, 0.3) is 0 Å². The van der Waals surface area contributed by atoms with E-state index in [0.717, 1.165) is 18.1 Å². The number of alkyl carbamates (subject to hydrolysis) is 1. The average molecular weight is 243 g/mol. The van der Waals surface area contributed by atoms with Crippen LogP contribution in [0.15, 0.2) is 0 Å². The summed E-state index contributed by atoms with van der Waals surface area (Å²) >= 11 is 1.27. The normalized spacial score (nSPS) is 19.8. The summed E-state index contributed by atoms with van der Waals surface area (Å²) in [6, 6.07) is 0.0950.